The summed E-state index contributed by atoms with van der Waals surface area (Å²) >= 11 is 0. The molecule has 22 heavy (non-hydrogen) atoms. The van der Waals surface area contributed by atoms with Gasteiger partial charge in [-0.05, 0) is 32.8 Å². The van der Waals surface area contributed by atoms with E-state index < -0.39 is 5.97 Å². The Kier molecular flexibility index (Phi) is 3.59. The van der Waals surface area contributed by atoms with Crippen LogP contribution in [0.4, 0.5) is 0 Å². The van der Waals surface area contributed by atoms with E-state index in [1.165, 1.54) is 4.90 Å². The summed E-state index contributed by atoms with van der Waals surface area (Å²) in [7, 11) is 0. The topological polar surface area (TPSA) is 66.8 Å². The number of aliphatic carboxylic acids is 1. The van der Waals surface area contributed by atoms with Crippen LogP contribution in [0.5, 0.6) is 5.75 Å². The summed E-state index contributed by atoms with van der Waals surface area (Å²) in [6, 6.07) is 7.75. The molecule has 5 nitrogen and oxygen atoms in total. The summed E-state index contributed by atoms with van der Waals surface area (Å²) in [6.45, 7) is 4.09. The number of nitrogens with zero attached hydrogens (tertiary/aromatic N) is 1. The number of ether oxygens (including phenoxy) is 1. The maximum atomic E-state index is 12.8. The van der Waals surface area contributed by atoms with Crippen molar-refractivity contribution in [2.45, 2.75) is 38.1 Å². The Morgan fingerprint density at radius 1 is 1.41 bits per heavy atom. The average Bonchev–Trinajstić information content (AvgIpc) is 3.19. The quantitative estimate of drug-likeness (QED) is 0.924. The molecule has 1 heterocycles. The van der Waals surface area contributed by atoms with Crippen molar-refractivity contribution >= 4 is 11.9 Å². The second-order valence-electron chi connectivity index (χ2n) is 6.46. The fraction of sp³-hybridized carbons (Fsp3) is 0.529. The van der Waals surface area contributed by atoms with Crippen molar-refractivity contribution in [3.05, 3.63) is 29.8 Å². The van der Waals surface area contributed by atoms with Crippen LogP contribution in [0.25, 0.3) is 0 Å². The van der Waals surface area contributed by atoms with E-state index in [9.17, 15) is 9.59 Å². The minimum Gasteiger partial charge on any atom is -0.493 e. The molecular formula is C17H21NO4. The fourth-order valence-corrected chi connectivity index (χ4v) is 3.55. The van der Waals surface area contributed by atoms with Crippen molar-refractivity contribution < 1.29 is 19.4 Å². The van der Waals surface area contributed by atoms with Gasteiger partial charge in [0.1, 0.15) is 12.3 Å². The van der Waals surface area contributed by atoms with E-state index in [-0.39, 0.29) is 29.8 Å². The van der Waals surface area contributed by atoms with Gasteiger partial charge in [0, 0.05) is 22.9 Å². The molecular weight excluding hydrogens is 282 g/mol. The van der Waals surface area contributed by atoms with Gasteiger partial charge in [0.05, 0.1) is 6.61 Å². The zero-order chi connectivity index (χ0) is 15.9. The van der Waals surface area contributed by atoms with Crippen molar-refractivity contribution in [1.82, 2.24) is 4.90 Å². The Morgan fingerprint density at radius 2 is 2.14 bits per heavy atom. The smallest absolute Gasteiger partial charge is 0.323 e. The molecule has 1 N–H and O–H groups in total. The van der Waals surface area contributed by atoms with Gasteiger partial charge in [-0.15, -0.1) is 0 Å². The van der Waals surface area contributed by atoms with Crippen LogP contribution in [0.1, 0.15) is 32.3 Å². The fourth-order valence-electron chi connectivity index (χ4n) is 3.55. The molecule has 2 atom stereocenters. The van der Waals surface area contributed by atoms with Crippen LogP contribution in [0.15, 0.2) is 24.3 Å². The molecule has 1 saturated carbocycles. The number of carbonyl (C=O) groups excluding carboxylic acids is 1. The first-order valence-electron chi connectivity index (χ1n) is 7.70. The zero-order valence-corrected chi connectivity index (χ0v) is 12.9. The molecule has 0 aromatic heterocycles. The number of carboxylic acids is 1. The number of para-hydroxylation sites is 1. The highest BCUT2D eigenvalue weighted by Gasteiger charge is 2.61. The van der Waals surface area contributed by atoms with Gasteiger partial charge in [0.15, 0.2) is 0 Å². The van der Waals surface area contributed by atoms with Gasteiger partial charge < -0.3 is 14.7 Å². The lowest BCUT2D eigenvalue weighted by Gasteiger charge is -2.29. The average molecular weight is 303 g/mol. The van der Waals surface area contributed by atoms with E-state index in [4.69, 9.17) is 9.84 Å². The molecule has 1 aromatic carbocycles. The second kappa shape index (κ2) is 5.30. The van der Waals surface area contributed by atoms with Crippen molar-refractivity contribution in [2.75, 3.05) is 13.2 Å². The highest BCUT2D eigenvalue weighted by molar-refractivity contribution is 5.88. The summed E-state index contributed by atoms with van der Waals surface area (Å²) in [5.74, 6) is -0.282. The molecule has 2 aliphatic rings. The molecule has 0 radical (unpaired) electrons. The molecule has 0 saturated heterocycles. The number of hydrogen-bond donors (Lipinski definition) is 1. The van der Waals surface area contributed by atoms with Crippen molar-refractivity contribution in [3.63, 3.8) is 0 Å². The number of benzene rings is 1. The third kappa shape index (κ3) is 2.34. The standard InChI is InChI=1S/C17H21NO4/c1-11(2)18(10-15(19)20)16(21)13-9-17(13)7-8-22-14-6-4-3-5-12(14)17/h3-6,11,13H,7-10H2,1-2H3,(H,19,20)/t13-,17+/m0/s1. The number of rotatable bonds is 4. The van der Waals surface area contributed by atoms with E-state index in [1.807, 2.05) is 38.1 Å². The molecule has 0 unspecified atom stereocenters. The number of carbonyl (C=O) groups is 2. The molecule has 3 rings (SSSR count). The Balaban J connectivity index is 1.84. The first-order chi connectivity index (χ1) is 10.5. The van der Waals surface area contributed by atoms with Crippen LogP contribution in [-0.4, -0.2) is 41.1 Å². The summed E-state index contributed by atoms with van der Waals surface area (Å²) in [6.07, 6.45) is 1.61. The number of amides is 1. The molecule has 1 spiro atoms. The Hall–Kier alpha value is -2.04. The SMILES string of the molecule is CC(C)N(CC(=O)O)C(=O)[C@@H]1C[C@@]12CCOc1ccccc12. The van der Waals surface area contributed by atoms with Gasteiger partial charge in [0.2, 0.25) is 5.91 Å². The van der Waals surface area contributed by atoms with Gasteiger partial charge in [-0.3, -0.25) is 9.59 Å². The summed E-state index contributed by atoms with van der Waals surface area (Å²) in [5, 5.41) is 9.03. The zero-order valence-electron chi connectivity index (χ0n) is 12.9. The molecule has 1 fully saturated rings. The summed E-state index contributed by atoms with van der Waals surface area (Å²) in [4.78, 5) is 25.3. The highest BCUT2D eigenvalue weighted by atomic mass is 16.5. The summed E-state index contributed by atoms with van der Waals surface area (Å²) < 4.78 is 5.68. The molecule has 5 heteroatoms. The monoisotopic (exact) mass is 303 g/mol. The van der Waals surface area contributed by atoms with E-state index in [0.717, 1.165) is 24.2 Å². The predicted octanol–water partition coefficient (Wildman–Crippen LogP) is 2.05. The molecule has 1 amide bonds. The minimum absolute atomic E-state index is 0.0471. The van der Waals surface area contributed by atoms with E-state index in [1.54, 1.807) is 0 Å². The van der Waals surface area contributed by atoms with E-state index >= 15 is 0 Å². The lowest BCUT2D eigenvalue weighted by molar-refractivity contribution is -0.146. The largest absolute Gasteiger partial charge is 0.493 e. The Labute approximate surface area is 129 Å². The number of fused-ring (bicyclic) bond motifs is 2. The third-order valence-corrected chi connectivity index (χ3v) is 4.81. The molecule has 118 valence electrons. The van der Waals surface area contributed by atoms with Crippen LogP contribution in [0.2, 0.25) is 0 Å². The van der Waals surface area contributed by atoms with Gasteiger partial charge in [-0.1, -0.05) is 18.2 Å². The Bertz CT molecular complexity index is 612. The van der Waals surface area contributed by atoms with Gasteiger partial charge >= 0.3 is 5.97 Å². The third-order valence-electron chi connectivity index (χ3n) is 4.81. The van der Waals surface area contributed by atoms with Crippen molar-refractivity contribution in [1.29, 1.82) is 0 Å². The first-order valence-corrected chi connectivity index (χ1v) is 7.70. The van der Waals surface area contributed by atoms with Crippen LogP contribution in [0, 0.1) is 5.92 Å². The van der Waals surface area contributed by atoms with E-state index in [0.29, 0.717) is 6.61 Å². The lowest BCUT2D eigenvalue weighted by atomic mass is 9.87. The maximum absolute atomic E-state index is 12.8. The number of hydrogen-bond acceptors (Lipinski definition) is 3. The van der Waals surface area contributed by atoms with Crippen LogP contribution >= 0.6 is 0 Å². The highest BCUT2D eigenvalue weighted by Crippen LogP contribution is 2.61. The first kappa shape index (κ1) is 14.9. The van der Waals surface area contributed by atoms with Gasteiger partial charge in [0.25, 0.3) is 0 Å². The second-order valence-corrected chi connectivity index (χ2v) is 6.46. The van der Waals surface area contributed by atoms with Gasteiger partial charge in [-0.25, -0.2) is 0 Å². The molecule has 1 aliphatic heterocycles. The Morgan fingerprint density at radius 3 is 2.82 bits per heavy atom. The minimum atomic E-state index is -0.968. The lowest BCUT2D eigenvalue weighted by Crippen LogP contribution is -2.43. The van der Waals surface area contributed by atoms with Crippen molar-refractivity contribution in [2.24, 2.45) is 5.92 Å². The van der Waals surface area contributed by atoms with Crippen LogP contribution < -0.4 is 4.74 Å². The summed E-state index contributed by atoms with van der Waals surface area (Å²) in [5.41, 5.74) is 0.941. The van der Waals surface area contributed by atoms with E-state index in [2.05, 4.69) is 0 Å². The molecule has 0 bridgehead atoms. The normalized spacial score (nSPS) is 25.5. The van der Waals surface area contributed by atoms with Gasteiger partial charge in [-0.2, -0.15) is 0 Å². The molecule has 1 aromatic rings. The predicted molar refractivity (Wildman–Crippen MR) is 80.8 cm³/mol. The van der Waals surface area contributed by atoms with Crippen LogP contribution in [0.3, 0.4) is 0 Å². The van der Waals surface area contributed by atoms with Crippen molar-refractivity contribution in [3.8, 4) is 5.75 Å². The number of carboxylic acid groups (broad SMARTS) is 1. The maximum Gasteiger partial charge on any atom is 0.323 e. The van der Waals surface area contributed by atoms with Crippen LogP contribution in [-0.2, 0) is 15.0 Å². The molecule has 1 aliphatic carbocycles.